The lowest BCUT2D eigenvalue weighted by Crippen LogP contribution is -2.53. The molecule has 37 heavy (non-hydrogen) atoms. The first kappa shape index (κ1) is 26.6. The predicted molar refractivity (Wildman–Crippen MR) is 144 cm³/mol. The van der Waals surface area contributed by atoms with E-state index in [1.165, 1.54) is 0 Å². The van der Waals surface area contributed by atoms with Crippen LogP contribution in [0.1, 0.15) is 56.9 Å². The Morgan fingerprint density at radius 2 is 1.92 bits per heavy atom. The fourth-order valence-corrected chi connectivity index (χ4v) is 4.66. The van der Waals surface area contributed by atoms with Gasteiger partial charge in [-0.25, -0.2) is 14.5 Å². The van der Waals surface area contributed by atoms with Crippen molar-refractivity contribution in [3.63, 3.8) is 0 Å². The molecule has 0 spiro atoms. The van der Waals surface area contributed by atoms with Crippen molar-refractivity contribution < 1.29 is 9.53 Å². The number of unbranched alkanes of at least 4 members (excludes halogenated alkanes) is 1. The number of piperazine rings is 1. The zero-order valence-electron chi connectivity index (χ0n) is 22.4. The third-order valence-corrected chi connectivity index (χ3v) is 6.59. The predicted octanol–water partition coefficient (Wildman–Crippen LogP) is 2.20. The molecular formula is C26H39N9O2. The van der Waals surface area contributed by atoms with Gasteiger partial charge in [-0.05, 0) is 36.8 Å². The number of hydrogen-bond acceptors (Lipinski definition) is 9. The van der Waals surface area contributed by atoms with E-state index >= 15 is 0 Å². The monoisotopic (exact) mass is 509 g/mol. The van der Waals surface area contributed by atoms with E-state index in [2.05, 4.69) is 53.7 Å². The van der Waals surface area contributed by atoms with Crippen molar-refractivity contribution in [1.29, 1.82) is 0 Å². The lowest BCUT2D eigenvalue weighted by atomic mass is 10.0. The number of nitrogen functional groups attached to an aromatic ring is 1. The van der Waals surface area contributed by atoms with Gasteiger partial charge in [0.1, 0.15) is 5.82 Å². The summed E-state index contributed by atoms with van der Waals surface area (Å²) in [7, 11) is 0. The number of nitrogens with two attached hydrogens (primary N) is 2. The van der Waals surface area contributed by atoms with Gasteiger partial charge in [-0.3, -0.25) is 4.79 Å². The number of carbonyl (C=O) groups excluding carboxylic acids is 1. The van der Waals surface area contributed by atoms with E-state index in [0.717, 1.165) is 48.6 Å². The fraction of sp³-hybridized carbons (Fsp3) is 0.577. The lowest BCUT2D eigenvalue weighted by molar-refractivity contribution is -0.133. The molecule has 1 saturated heterocycles. The van der Waals surface area contributed by atoms with E-state index in [4.69, 9.17) is 21.2 Å². The maximum absolute atomic E-state index is 12.7. The van der Waals surface area contributed by atoms with Crippen molar-refractivity contribution >= 4 is 23.2 Å². The highest BCUT2D eigenvalue weighted by atomic mass is 16.5. The van der Waals surface area contributed by atoms with Crippen LogP contribution in [-0.2, 0) is 11.2 Å². The van der Waals surface area contributed by atoms with Crippen LogP contribution in [0.25, 0.3) is 5.65 Å². The van der Waals surface area contributed by atoms with Gasteiger partial charge in [-0.2, -0.15) is 4.98 Å². The molecule has 4 N–H and O–H groups in total. The van der Waals surface area contributed by atoms with Gasteiger partial charge < -0.3 is 26.0 Å². The number of carbonyl (C=O) groups is 1. The molecule has 0 unspecified atom stereocenters. The van der Waals surface area contributed by atoms with Crippen molar-refractivity contribution in [2.45, 2.75) is 59.4 Å². The Morgan fingerprint density at radius 1 is 1.16 bits per heavy atom. The smallest absolute Gasteiger partial charge is 0.336 e. The minimum absolute atomic E-state index is 0.0461. The third-order valence-electron chi connectivity index (χ3n) is 6.59. The van der Waals surface area contributed by atoms with Gasteiger partial charge in [0.2, 0.25) is 5.91 Å². The zero-order chi connectivity index (χ0) is 26.5. The van der Waals surface area contributed by atoms with Gasteiger partial charge in [-0.1, -0.05) is 33.3 Å². The molecule has 1 aliphatic rings. The number of ether oxygens (including phenoxy) is 1. The van der Waals surface area contributed by atoms with Crippen molar-refractivity contribution in [2.75, 3.05) is 43.4 Å². The topological polar surface area (TPSA) is 141 Å². The minimum Gasteiger partial charge on any atom is -0.462 e. The van der Waals surface area contributed by atoms with Crippen LogP contribution in [0.4, 0.5) is 11.6 Å². The Labute approximate surface area is 218 Å². The SMILES string of the molecule is CCCCOc1nc(N)c2ncc(Cc3cnc(N4CCN(C(=O)[C@@H](N)CC(C)C)CC4)c(C)c3)n2n1. The number of nitrogens with zero attached hydrogens (tertiary/aromatic N) is 7. The molecule has 0 radical (unpaired) electrons. The van der Waals surface area contributed by atoms with Crippen molar-refractivity contribution in [1.82, 2.24) is 29.5 Å². The Hall–Kier alpha value is -3.47. The maximum atomic E-state index is 12.7. The van der Waals surface area contributed by atoms with Crippen LogP contribution in [0, 0.1) is 12.8 Å². The standard InChI is InChI=1S/C26H39N9O2/c1-5-6-11-37-26-31-22(28)24-30-16-20(35(24)32-26)14-19-13-18(4)23(29-15-19)33-7-9-34(10-8-33)25(36)21(27)12-17(2)3/h13,15-17,21H,5-12,14,27H2,1-4H3,(H2,28,31,32)/t21-/m0/s1. The van der Waals surface area contributed by atoms with Gasteiger partial charge in [0, 0.05) is 38.8 Å². The summed E-state index contributed by atoms with van der Waals surface area (Å²) in [6, 6.07) is 1.97. The quantitative estimate of drug-likeness (QED) is 0.393. The molecule has 4 rings (SSSR count). The largest absolute Gasteiger partial charge is 0.462 e. The van der Waals surface area contributed by atoms with Gasteiger partial charge in [0.25, 0.3) is 0 Å². The highest BCUT2D eigenvalue weighted by Crippen LogP contribution is 2.23. The van der Waals surface area contributed by atoms with Crippen LogP contribution in [0.2, 0.25) is 0 Å². The summed E-state index contributed by atoms with van der Waals surface area (Å²) < 4.78 is 7.37. The number of fused-ring (bicyclic) bond motifs is 1. The average molecular weight is 510 g/mol. The molecule has 11 heteroatoms. The second-order valence-electron chi connectivity index (χ2n) is 10.2. The van der Waals surface area contributed by atoms with Crippen LogP contribution in [0.3, 0.4) is 0 Å². The molecule has 11 nitrogen and oxygen atoms in total. The molecule has 1 fully saturated rings. The molecule has 1 amide bonds. The molecule has 3 aromatic rings. The number of aryl methyl sites for hydroxylation is 1. The number of anilines is 2. The van der Waals surface area contributed by atoms with Gasteiger partial charge >= 0.3 is 6.01 Å². The number of imidazole rings is 1. The Bertz CT molecular complexity index is 1220. The van der Waals surface area contributed by atoms with Crippen molar-refractivity contribution in [3.8, 4) is 6.01 Å². The summed E-state index contributed by atoms with van der Waals surface area (Å²) in [5.41, 5.74) is 15.7. The van der Waals surface area contributed by atoms with Gasteiger partial charge in [0.05, 0.1) is 24.5 Å². The van der Waals surface area contributed by atoms with Crippen LogP contribution in [0.15, 0.2) is 18.5 Å². The number of pyridine rings is 1. The van der Waals surface area contributed by atoms with E-state index in [-0.39, 0.29) is 11.9 Å². The van der Waals surface area contributed by atoms with Gasteiger partial charge in [-0.15, -0.1) is 5.10 Å². The third kappa shape index (κ3) is 6.27. The van der Waals surface area contributed by atoms with Crippen molar-refractivity contribution in [2.24, 2.45) is 11.7 Å². The normalized spacial score (nSPS) is 15.0. The molecule has 0 bridgehead atoms. The highest BCUT2D eigenvalue weighted by molar-refractivity contribution is 5.82. The molecule has 3 aromatic heterocycles. The molecular weight excluding hydrogens is 470 g/mol. The van der Waals surface area contributed by atoms with E-state index < -0.39 is 6.04 Å². The summed E-state index contributed by atoms with van der Waals surface area (Å²) in [5, 5.41) is 4.50. The lowest BCUT2D eigenvalue weighted by Gasteiger charge is -2.37. The summed E-state index contributed by atoms with van der Waals surface area (Å²) in [4.78, 5) is 30.2. The second-order valence-corrected chi connectivity index (χ2v) is 10.2. The molecule has 1 atom stereocenters. The first-order chi connectivity index (χ1) is 17.8. The van der Waals surface area contributed by atoms with Gasteiger partial charge in [0.15, 0.2) is 11.5 Å². The summed E-state index contributed by atoms with van der Waals surface area (Å²) >= 11 is 0. The second kappa shape index (κ2) is 11.7. The maximum Gasteiger partial charge on any atom is 0.336 e. The Balaban J connectivity index is 1.42. The number of rotatable bonds is 10. The summed E-state index contributed by atoms with van der Waals surface area (Å²) in [6.07, 6.45) is 6.90. The minimum atomic E-state index is -0.426. The highest BCUT2D eigenvalue weighted by Gasteiger charge is 2.26. The number of aromatic nitrogens is 5. The first-order valence-corrected chi connectivity index (χ1v) is 13.1. The van der Waals surface area contributed by atoms with E-state index in [1.807, 2.05) is 11.1 Å². The zero-order valence-corrected chi connectivity index (χ0v) is 22.4. The van der Waals surface area contributed by atoms with Crippen LogP contribution in [0.5, 0.6) is 6.01 Å². The van der Waals surface area contributed by atoms with E-state index in [9.17, 15) is 4.79 Å². The molecule has 0 aliphatic carbocycles. The van der Waals surface area contributed by atoms with E-state index in [1.54, 1.807) is 10.7 Å². The molecule has 0 aromatic carbocycles. The number of amides is 1. The molecule has 0 saturated carbocycles. The molecule has 4 heterocycles. The van der Waals surface area contributed by atoms with Crippen LogP contribution in [-0.4, -0.2) is 74.2 Å². The fourth-order valence-electron chi connectivity index (χ4n) is 4.66. The summed E-state index contributed by atoms with van der Waals surface area (Å²) in [6.45, 7) is 11.7. The molecule has 200 valence electrons. The van der Waals surface area contributed by atoms with Crippen molar-refractivity contribution in [3.05, 3.63) is 35.3 Å². The Kier molecular flexibility index (Phi) is 8.42. The average Bonchev–Trinajstić information content (AvgIpc) is 3.26. The first-order valence-electron chi connectivity index (χ1n) is 13.1. The van der Waals surface area contributed by atoms with Crippen LogP contribution < -0.4 is 21.1 Å². The summed E-state index contributed by atoms with van der Waals surface area (Å²) in [5.74, 6) is 1.68. The Morgan fingerprint density at radius 3 is 2.59 bits per heavy atom. The molecule has 1 aliphatic heterocycles. The number of hydrogen-bond donors (Lipinski definition) is 2. The van der Waals surface area contributed by atoms with E-state index in [0.29, 0.717) is 49.9 Å². The van der Waals surface area contributed by atoms with Crippen LogP contribution >= 0.6 is 0 Å².